The Morgan fingerprint density at radius 3 is 2.14 bits per heavy atom. The number of amides is 1. The van der Waals surface area contributed by atoms with Crippen LogP contribution in [0.15, 0.2) is 30.3 Å². The minimum absolute atomic E-state index is 0.0110. The van der Waals surface area contributed by atoms with Gasteiger partial charge in [0.1, 0.15) is 5.75 Å². The van der Waals surface area contributed by atoms with Crippen molar-refractivity contribution in [3.05, 3.63) is 58.1 Å². The Hall–Kier alpha value is -2.29. The Morgan fingerprint density at radius 1 is 0.909 bits per heavy atom. The van der Waals surface area contributed by atoms with Crippen molar-refractivity contribution in [1.82, 2.24) is 0 Å². The lowest BCUT2D eigenvalue weighted by atomic mass is 10.1. The summed E-state index contributed by atoms with van der Waals surface area (Å²) in [4.78, 5) is 12.1. The number of hydrogen-bond donors (Lipinski definition) is 1. The summed E-state index contributed by atoms with van der Waals surface area (Å²) in [5, 5.41) is 2.93. The summed E-state index contributed by atoms with van der Waals surface area (Å²) in [6, 6.07) is 10.0. The summed E-state index contributed by atoms with van der Waals surface area (Å²) in [5.41, 5.74) is 6.41. The number of rotatable bonds is 4. The first kappa shape index (κ1) is 16.1. The third kappa shape index (κ3) is 3.67. The topological polar surface area (TPSA) is 38.3 Å². The summed E-state index contributed by atoms with van der Waals surface area (Å²) in [6.45, 7) is 10.1. The SMILES string of the molecule is Cc1cc(C)c(OCC(=O)Nc2c(C)cccc2C)cc1C. The maximum Gasteiger partial charge on any atom is 0.262 e. The summed E-state index contributed by atoms with van der Waals surface area (Å²) >= 11 is 0. The molecule has 0 spiro atoms. The molecule has 3 heteroatoms. The number of carbonyl (C=O) groups is 1. The molecule has 116 valence electrons. The van der Waals surface area contributed by atoms with Crippen LogP contribution in [0.3, 0.4) is 0 Å². The van der Waals surface area contributed by atoms with Crippen molar-refractivity contribution in [2.45, 2.75) is 34.6 Å². The Bertz CT molecular complexity index is 685. The second-order valence-corrected chi connectivity index (χ2v) is 5.81. The maximum atomic E-state index is 12.1. The molecule has 2 rings (SSSR count). The third-order valence-corrected chi connectivity index (χ3v) is 3.90. The van der Waals surface area contributed by atoms with E-state index in [0.717, 1.165) is 33.7 Å². The molecule has 1 amide bonds. The lowest BCUT2D eigenvalue weighted by molar-refractivity contribution is -0.118. The predicted molar refractivity (Wildman–Crippen MR) is 90.7 cm³/mol. The maximum absolute atomic E-state index is 12.1. The van der Waals surface area contributed by atoms with Crippen LogP contribution < -0.4 is 10.1 Å². The molecule has 0 heterocycles. The van der Waals surface area contributed by atoms with E-state index in [-0.39, 0.29) is 12.5 Å². The zero-order valence-corrected chi connectivity index (χ0v) is 13.9. The first-order valence-electron chi connectivity index (χ1n) is 7.45. The van der Waals surface area contributed by atoms with Gasteiger partial charge < -0.3 is 10.1 Å². The minimum Gasteiger partial charge on any atom is -0.483 e. The lowest BCUT2D eigenvalue weighted by Crippen LogP contribution is -2.21. The summed E-state index contributed by atoms with van der Waals surface area (Å²) in [6.07, 6.45) is 0. The van der Waals surface area contributed by atoms with E-state index in [9.17, 15) is 4.79 Å². The predicted octanol–water partition coefficient (Wildman–Crippen LogP) is 4.25. The molecule has 0 fully saturated rings. The number of para-hydroxylation sites is 1. The fourth-order valence-corrected chi connectivity index (χ4v) is 2.42. The van der Waals surface area contributed by atoms with E-state index in [0.29, 0.717) is 0 Å². The third-order valence-electron chi connectivity index (χ3n) is 3.90. The van der Waals surface area contributed by atoms with Gasteiger partial charge in [-0.25, -0.2) is 0 Å². The van der Waals surface area contributed by atoms with Crippen molar-refractivity contribution in [1.29, 1.82) is 0 Å². The van der Waals surface area contributed by atoms with Gasteiger partial charge in [0.25, 0.3) is 5.91 Å². The monoisotopic (exact) mass is 297 g/mol. The highest BCUT2D eigenvalue weighted by atomic mass is 16.5. The van der Waals surface area contributed by atoms with Crippen LogP contribution in [-0.2, 0) is 4.79 Å². The smallest absolute Gasteiger partial charge is 0.262 e. The molecule has 0 atom stereocenters. The van der Waals surface area contributed by atoms with Crippen molar-refractivity contribution >= 4 is 11.6 Å². The molecule has 0 aliphatic heterocycles. The van der Waals surface area contributed by atoms with Crippen molar-refractivity contribution < 1.29 is 9.53 Å². The Kier molecular flexibility index (Phi) is 4.86. The van der Waals surface area contributed by atoms with Crippen LogP contribution in [-0.4, -0.2) is 12.5 Å². The molecule has 0 unspecified atom stereocenters. The molecule has 0 saturated heterocycles. The van der Waals surface area contributed by atoms with Gasteiger partial charge in [0.15, 0.2) is 6.61 Å². The van der Waals surface area contributed by atoms with Gasteiger partial charge in [-0.05, 0) is 68.5 Å². The highest BCUT2D eigenvalue weighted by Gasteiger charge is 2.09. The molecule has 0 aliphatic carbocycles. The van der Waals surface area contributed by atoms with Gasteiger partial charge in [-0.15, -0.1) is 0 Å². The van der Waals surface area contributed by atoms with Gasteiger partial charge in [0.2, 0.25) is 0 Å². The Labute approximate surface area is 132 Å². The molecule has 3 nitrogen and oxygen atoms in total. The van der Waals surface area contributed by atoms with E-state index >= 15 is 0 Å². The zero-order valence-electron chi connectivity index (χ0n) is 13.9. The van der Waals surface area contributed by atoms with E-state index in [1.807, 2.05) is 52.0 Å². The molecule has 0 aliphatic rings. The molecule has 0 bridgehead atoms. The number of ether oxygens (including phenoxy) is 1. The second kappa shape index (κ2) is 6.65. The molecule has 0 saturated carbocycles. The summed E-state index contributed by atoms with van der Waals surface area (Å²) in [7, 11) is 0. The van der Waals surface area contributed by atoms with Gasteiger partial charge in [-0.3, -0.25) is 4.79 Å². The number of hydrogen-bond acceptors (Lipinski definition) is 2. The van der Waals surface area contributed by atoms with Crippen molar-refractivity contribution in [3.63, 3.8) is 0 Å². The quantitative estimate of drug-likeness (QED) is 0.916. The van der Waals surface area contributed by atoms with Crippen molar-refractivity contribution in [3.8, 4) is 5.75 Å². The minimum atomic E-state index is -0.143. The second-order valence-electron chi connectivity index (χ2n) is 5.81. The number of carbonyl (C=O) groups excluding carboxylic acids is 1. The highest BCUT2D eigenvalue weighted by Crippen LogP contribution is 2.23. The molecular formula is C19H23NO2. The van der Waals surface area contributed by atoms with Crippen molar-refractivity contribution in [2.24, 2.45) is 0 Å². The summed E-state index contributed by atoms with van der Waals surface area (Å²) < 4.78 is 5.67. The van der Waals surface area contributed by atoms with Gasteiger partial charge in [-0.2, -0.15) is 0 Å². The molecular weight excluding hydrogens is 274 g/mol. The molecule has 22 heavy (non-hydrogen) atoms. The van der Waals surface area contributed by atoms with Gasteiger partial charge in [0.05, 0.1) is 0 Å². The van der Waals surface area contributed by atoms with Crippen LogP contribution in [0, 0.1) is 34.6 Å². The zero-order chi connectivity index (χ0) is 16.3. The Morgan fingerprint density at radius 2 is 1.50 bits per heavy atom. The van der Waals surface area contributed by atoms with Crippen LogP contribution in [0.4, 0.5) is 5.69 Å². The number of nitrogens with one attached hydrogen (secondary N) is 1. The Balaban J connectivity index is 2.03. The first-order chi connectivity index (χ1) is 10.4. The molecule has 0 radical (unpaired) electrons. The van der Waals surface area contributed by atoms with Crippen LogP contribution in [0.5, 0.6) is 5.75 Å². The van der Waals surface area contributed by atoms with Gasteiger partial charge >= 0.3 is 0 Å². The number of anilines is 1. The average molecular weight is 297 g/mol. The lowest BCUT2D eigenvalue weighted by Gasteiger charge is -2.14. The van der Waals surface area contributed by atoms with Crippen LogP contribution in [0.25, 0.3) is 0 Å². The van der Waals surface area contributed by atoms with E-state index in [2.05, 4.69) is 18.3 Å². The van der Waals surface area contributed by atoms with E-state index in [1.54, 1.807) is 0 Å². The molecule has 0 aromatic heterocycles. The molecule has 2 aromatic rings. The molecule has 2 aromatic carbocycles. The van der Waals surface area contributed by atoms with Crippen molar-refractivity contribution in [2.75, 3.05) is 11.9 Å². The van der Waals surface area contributed by atoms with E-state index in [4.69, 9.17) is 4.74 Å². The average Bonchev–Trinajstić information content (AvgIpc) is 2.45. The molecule has 1 N–H and O–H groups in total. The largest absolute Gasteiger partial charge is 0.483 e. The van der Waals surface area contributed by atoms with Crippen LogP contribution in [0.2, 0.25) is 0 Å². The normalized spacial score (nSPS) is 10.4. The fourth-order valence-electron chi connectivity index (χ4n) is 2.42. The van der Waals surface area contributed by atoms with Crippen LogP contribution in [0.1, 0.15) is 27.8 Å². The van der Waals surface area contributed by atoms with Crippen LogP contribution >= 0.6 is 0 Å². The number of benzene rings is 2. The standard InChI is InChI=1S/C19H23NO2/c1-12-7-6-8-13(2)19(12)20-18(21)11-22-17-10-15(4)14(3)9-16(17)5/h6-10H,11H2,1-5H3,(H,20,21). The summed E-state index contributed by atoms with van der Waals surface area (Å²) in [5.74, 6) is 0.620. The van der Waals surface area contributed by atoms with Gasteiger partial charge in [-0.1, -0.05) is 24.3 Å². The highest BCUT2D eigenvalue weighted by molar-refractivity contribution is 5.93. The van der Waals surface area contributed by atoms with Gasteiger partial charge in [0, 0.05) is 5.69 Å². The fraction of sp³-hybridized carbons (Fsp3) is 0.316. The number of aryl methyl sites for hydroxylation is 5. The first-order valence-corrected chi connectivity index (χ1v) is 7.45. The van der Waals surface area contributed by atoms with E-state index < -0.39 is 0 Å². The van der Waals surface area contributed by atoms with E-state index in [1.165, 1.54) is 5.56 Å².